The number of benzene rings is 3. The van der Waals surface area contributed by atoms with Crippen LogP contribution in [0.1, 0.15) is 23.2 Å². The molecule has 0 aromatic heterocycles. The molecule has 0 unspecified atom stereocenters. The molecule has 3 aromatic rings. The van der Waals surface area contributed by atoms with Crippen LogP contribution in [0.5, 0.6) is 0 Å². The molecule has 4 rings (SSSR count). The number of hydrogen-bond donors (Lipinski definition) is 1. The van der Waals surface area contributed by atoms with Crippen LogP contribution in [0.3, 0.4) is 0 Å². The second kappa shape index (κ2) is 10.3. The number of carbonyl (C=O) groups excluding carboxylic acids is 1. The van der Waals surface area contributed by atoms with Gasteiger partial charge in [-0.25, -0.2) is 8.42 Å². The third kappa shape index (κ3) is 4.95. The second-order valence-electron chi connectivity index (χ2n) is 7.97. The normalized spacial score (nSPS) is 13.5. The summed E-state index contributed by atoms with van der Waals surface area (Å²) in [5.41, 5.74) is 2.26. The van der Waals surface area contributed by atoms with Gasteiger partial charge in [-0.2, -0.15) is 0 Å². The number of nitrogens with one attached hydrogen (secondary N) is 1. The maximum Gasteiger partial charge on any atom is 0.264 e. The third-order valence-corrected chi connectivity index (χ3v) is 7.79. The summed E-state index contributed by atoms with van der Waals surface area (Å²) in [4.78, 5) is 15.3. The van der Waals surface area contributed by atoms with Gasteiger partial charge in [-0.05, 0) is 55.3 Å². The largest absolute Gasteiger partial charge is 0.370 e. The van der Waals surface area contributed by atoms with Gasteiger partial charge in [0.05, 0.1) is 33.5 Å². The van der Waals surface area contributed by atoms with E-state index < -0.39 is 10.0 Å². The van der Waals surface area contributed by atoms with Crippen LogP contribution >= 0.6 is 11.6 Å². The Morgan fingerprint density at radius 3 is 2.47 bits per heavy atom. The zero-order valence-electron chi connectivity index (χ0n) is 18.7. The molecule has 176 valence electrons. The molecule has 34 heavy (non-hydrogen) atoms. The van der Waals surface area contributed by atoms with E-state index in [0.29, 0.717) is 16.4 Å². The first kappa shape index (κ1) is 23.9. The first-order valence-electron chi connectivity index (χ1n) is 11.1. The van der Waals surface area contributed by atoms with E-state index in [-0.39, 0.29) is 22.9 Å². The highest BCUT2D eigenvalue weighted by atomic mass is 35.5. The minimum absolute atomic E-state index is 0.00486. The quantitative estimate of drug-likeness (QED) is 0.414. The zero-order valence-corrected chi connectivity index (χ0v) is 20.2. The van der Waals surface area contributed by atoms with Gasteiger partial charge in [-0.1, -0.05) is 48.0 Å². The summed E-state index contributed by atoms with van der Waals surface area (Å²) in [5, 5.41) is 3.26. The predicted octanol–water partition coefficient (Wildman–Crippen LogP) is 5.57. The molecule has 1 N–H and O–H groups in total. The molecule has 1 heterocycles. The highest BCUT2D eigenvalue weighted by Gasteiger charge is 2.26. The topological polar surface area (TPSA) is 69.7 Å². The fourth-order valence-corrected chi connectivity index (χ4v) is 5.82. The van der Waals surface area contributed by atoms with Crippen molar-refractivity contribution >= 4 is 44.6 Å². The van der Waals surface area contributed by atoms with Crippen molar-refractivity contribution in [2.24, 2.45) is 0 Å². The number of carbonyl (C=O) groups is 1. The van der Waals surface area contributed by atoms with Crippen LogP contribution in [0, 0.1) is 0 Å². The van der Waals surface area contributed by atoms with Crippen molar-refractivity contribution in [3.63, 3.8) is 0 Å². The van der Waals surface area contributed by atoms with E-state index in [1.807, 2.05) is 24.3 Å². The lowest BCUT2D eigenvalue weighted by atomic mass is 10.2. The standard InChI is InChI=1S/C26H26ClN3O3S/c1-2-16-30(24-14-5-3-12-22(24)27)34(32,33)21-11-9-10-20(19-21)26(31)28-23-13-4-6-15-25(23)29-17-7-8-18-29/h2-6,9-15,19H,1,7-8,16-18H2,(H,28,31). The number of amides is 1. The minimum Gasteiger partial charge on any atom is -0.370 e. The Balaban J connectivity index is 1.63. The van der Waals surface area contributed by atoms with Crippen LogP contribution in [0.25, 0.3) is 0 Å². The van der Waals surface area contributed by atoms with E-state index >= 15 is 0 Å². The molecule has 1 aliphatic heterocycles. The Kier molecular flexibility index (Phi) is 7.24. The molecule has 1 fully saturated rings. The van der Waals surface area contributed by atoms with Gasteiger partial charge in [0.1, 0.15) is 0 Å². The molecule has 0 atom stereocenters. The lowest BCUT2D eigenvalue weighted by Crippen LogP contribution is -2.31. The van der Waals surface area contributed by atoms with Crippen molar-refractivity contribution in [2.45, 2.75) is 17.7 Å². The number of halogens is 1. The molecular weight excluding hydrogens is 470 g/mol. The van der Waals surface area contributed by atoms with E-state index in [1.54, 1.807) is 36.4 Å². The SMILES string of the molecule is C=CCN(c1ccccc1Cl)S(=O)(=O)c1cccc(C(=O)Nc2ccccc2N2CCCC2)c1. The highest BCUT2D eigenvalue weighted by Crippen LogP contribution is 2.31. The predicted molar refractivity (Wildman–Crippen MR) is 138 cm³/mol. The summed E-state index contributed by atoms with van der Waals surface area (Å²) in [6.45, 7) is 5.60. The maximum atomic E-state index is 13.5. The number of sulfonamides is 1. The smallest absolute Gasteiger partial charge is 0.264 e. The molecular formula is C26H26ClN3O3S. The molecule has 8 heteroatoms. The number of anilines is 3. The van der Waals surface area contributed by atoms with Crippen molar-refractivity contribution in [1.82, 2.24) is 0 Å². The third-order valence-electron chi connectivity index (χ3n) is 5.70. The molecule has 1 saturated heterocycles. The van der Waals surface area contributed by atoms with Crippen molar-refractivity contribution in [3.8, 4) is 0 Å². The zero-order chi connectivity index (χ0) is 24.1. The first-order chi connectivity index (χ1) is 16.4. The number of rotatable bonds is 8. The van der Waals surface area contributed by atoms with Crippen LogP contribution in [0.4, 0.5) is 17.1 Å². The fourth-order valence-electron chi connectivity index (χ4n) is 4.03. The Morgan fingerprint density at radius 2 is 1.74 bits per heavy atom. The van der Waals surface area contributed by atoms with Crippen molar-refractivity contribution in [1.29, 1.82) is 0 Å². The summed E-state index contributed by atoms with van der Waals surface area (Å²) in [7, 11) is -4.00. The minimum atomic E-state index is -4.00. The molecule has 0 saturated carbocycles. The summed E-state index contributed by atoms with van der Waals surface area (Å²) in [6, 6.07) is 20.4. The van der Waals surface area contributed by atoms with Crippen LogP contribution in [-0.4, -0.2) is 34.0 Å². The Labute approximate surface area is 205 Å². The molecule has 0 bridgehead atoms. The van der Waals surface area contributed by atoms with Crippen LogP contribution in [-0.2, 0) is 10.0 Å². The molecule has 0 aliphatic carbocycles. The van der Waals surface area contributed by atoms with Gasteiger partial charge in [-0.15, -0.1) is 6.58 Å². The average molecular weight is 496 g/mol. The van der Waals surface area contributed by atoms with Crippen LogP contribution in [0.2, 0.25) is 5.02 Å². The molecule has 6 nitrogen and oxygen atoms in total. The molecule has 0 radical (unpaired) electrons. The Hall–Kier alpha value is -3.29. The van der Waals surface area contributed by atoms with Gasteiger partial charge in [-0.3, -0.25) is 9.10 Å². The molecule has 3 aromatic carbocycles. The van der Waals surface area contributed by atoms with Gasteiger partial charge in [0, 0.05) is 18.7 Å². The van der Waals surface area contributed by atoms with Crippen LogP contribution < -0.4 is 14.5 Å². The van der Waals surface area contributed by atoms with E-state index in [9.17, 15) is 13.2 Å². The van der Waals surface area contributed by atoms with Crippen molar-refractivity contribution < 1.29 is 13.2 Å². The van der Waals surface area contributed by atoms with Crippen molar-refractivity contribution in [3.05, 3.63) is 96.0 Å². The Bertz CT molecular complexity index is 1300. The summed E-state index contributed by atoms with van der Waals surface area (Å²) in [5.74, 6) is -0.378. The summed E-state index contributed by atoms with van der Waals surface area (Å²) < 4.78 is 28.2. The molecule has 1 amide bonds. The van der Waals surface area contributed by atoms with Crippen molar-refractivity contribution in [2.75, 3.05) is 34.2 Å². The average Bonchev–Trinajstić information content (AvgIpc) is 3.38. The van der Waals surface area contributed by atoms with Gasteiger partial charge < -0.3 is 10.2 Å². The fraction of sp³-hybridized carbons (Fsp3) is 0.192. The van der Waals surface area contributed by atoms with E-state index in [2.05, 4.69) is 16.8 Å². The van der Waals surface area contributed by atoms with E-state index in [4.69, 9.17) is 11.6 Å². The second-order valence-corrected chi connectivity index (χ2v) is 10.2. The monoisotopic (exact) mass is 495 g/mol. The van der Waals surface area contributed by atoms with Gasteiger partial charge in [0.2, 0.25) is 0 Å². The van der Waals surface area contributed by atoms with Gasteiger partial charge in [0.25, 0.3) is 15.9 Å². The number of hydrogen-bond acceptors (Lipinski definition) is 4. The van der Waals surface area contributed by atoms with E-state index in [0.717, 1.165) is 31.6 Å². The molecule has 0 spiro atoms. The first-order valence-corrected chi connectivity index (χ1v) is 12.9. The lowest BCUT2D eigenvalue weighted by Gasteiger charge is -2.24. The number of nitrogens with zero attached hydrogens (tertiary/aromatic N) is 2. The summed E-state index contributed by atoms with van der Waals surface area (Å²) in [6.07, 6.45) is 3.73. The van der Waals surface area contributed by atoms with E-state index in [1.165, 1.54) is 22.5 Å². The molecule has 1 aliphatic rings. The van der Waals surface area contributed by atoms with Gasteiger partial charge >= 0.3 is 0 Å². The van der Waals surface area contributed by atoms with Gasteiger partial charge in [0.15, 0.2) is 0 Å². The lowest BCUT2D eigenvalue weighted by molar-refractivity contribution is 0.102. The Morgan fingerprint density at radius 1 is 1.03 bits per heavy atom. The highest BCUT2D eigenvalue weighted by molar-refractivity contribution is 7.92. The van der Waals surface area contributed by atoms with Crippen LogP contribution in [0.15, 0.2) is 90.3 Å². The summed E-state index contributed by atoms with van der Waals surface area (Å²) >= 11 is 6.28. The maximum absolute atomic E-state index is 13.5. The number of para-hydroxylation sites is 3.